The Kier molecular flexibility index (Phi) is 5.01. The lowest BCUT2D eigenvalue weighted by molar-refractivity contribution is -0.145. The lowest BCUT2D eigenvalue weighted by Gasteiger charge is -2.33. The highest BCUT2D eigenvalue weighted by Crippen LogP contribution is 2.00. The Balaban J connectivity index is 2.25. The maximum atomic E-state index is 11.3. The summed E-state index contributed by atoms with van der Waals surface area (Å²) in [7, 11) is 2.10. The zero-order valence-electron chi connectivity index (χ0n) is 9.61. The van der Waals surface area contributed by atoms with Gasteiger partial charge in [0.15, 0.2) is 0 Å². The van der Waals surface area contributed by atoms with E-state index in [1.807, 2.05) is 0 Å². The van der Waals surface area contributed by atoms with Crippen LogP contribution in [0.5, 0.6) is 0 Å². The Morgan fingerprint density at radius 2 is 2.00 bits per heavy atom. The molecule has 0 aromatic heterocycles. The van der Waals surface area contributed by atoms with E-state index in [4.69, 9.17) is 10.5 Å². The number of esters is 1. The molecular weight excluding hydrogens is 194 g/mol. The largest absolute Gasteiger partial charge is 0.465 e. The van der Waals surface area contributed by atoms with Crippen LogP contribution in [0.15, 0.2) is 0 Å². The molecule has 0 amide bonds. The summed E-state index contributed by atoms with van der Waals surface area (Å²) >= 11 is 0. The summed E-state index contributed by atoms with van der Waals surface area (Å²) in [4.78, 5) is 15.8. The van der Waals surface area contributed by atoms with Crippen molar-refractivity contribution >= 4 is 5.97 Å². The van der Waals surface area contributed by atoms with Crippen LogP contribution in [0.4, 0.5) is 0 Å². The van der Waals surface area contributed by atoms with Crippen LogP contribution in [0.2, 0.25) is 0 Å². The van der Waals surface area contributed by atoms with Crippen LogP contribution in [0, 0.1) is 0 Å². The molecule has 1 unspecified atom stereocenters. The molecule has 0 aromatic rings. The molecule has 1 fully saturated rings. The van der Waals surface area contributed by atoms with E-state index in [9.17, 15) is 4.79 Å². The van der Waals surface area contributed by atoms with E-state index < -0.39 is 6.04 Å². The fourth-order valence-corrected chi connectivity index (χ4v) is 1.63. The van der Waals surface area contributed by atoms with Gasteiger partial charge in [-0.3, -0.25) is 9.69 Å². The molecule has 0 spiro atoms. The van der Waals surface area contributed by atoms with E-state index in [1.165, 1.54) is 0 Å². The number of rotatable bonds is 4. The molecule has 2 N–H and O–H groups in total. The van der Waals surface area contributed by atoms with Crippen molar-refractivity contribution in [1.29, 1.82) is 0 Å². The molecule has 1 rings (SSSR count). The SMILES string of the molecule is CCOC(=O)C(N)CN1CCN(C)CC1. The fraction of sp³-hybridized carbons (Fsp3) is 0.900. The molecule has 1 heterocycles. The number of nitrogens with two attached hydrogens (primary N) is 1. The number of carbonyl (C=O) groups excluding carboxylic acids is 1. The van der Waals surface area contributed by atoms with Gasteiger partial charge >= 0.3 is 5.97 Å². The van der Waals surface area contributed by atoms with Gasteiger partial charge in [-0.05, 0) is 14.0 Å². The van der Waals surface area contributed by atoms with E-state index in [0.29, 0.717) is 13.2 Å². The Bertz CT molecular complexity index is 203. The van der Waals surface area contributed by atoms with E-state index >= 15 is 0 Å². The van der Waals surface area contributed by atoms with Crippen molar-refractivity contribution in [2.45, 2.75) is 13.0 Å². The summed E-state index contributed by atoms with van der Waals surface area (Å²) in [6.07, 6.45) is 0. The topological polar surface area (TPSA) is 58.8 Å². The van der Waals surface area contributed by atoms with Gasteiger partial charge in [-0.1, -0.05) is 0 Å². The molecule has 0 aliphatic carbocycles. The molecule has 5 heteroatoms. The maximum absolute atomic E-state index is 11.3. The number of hydrogen-bond donors (Lipinski definition) is 1. The number of piperazine rings is 1. The standard InChI is InChI=1S/C10H21N3O2/c1-3-15-10(14)9(11)8-13-6-4-12(2)5-7-13/h9H,3-8,11H2,1-2H3. The molecule has 1 aliphatic heterocycles. The number of carbonyl (C=O) groups is 1. The molecule has 1 aliphatic rings. The zero-order valence-corrected chi connectivity index (χ0v) is 9.61. The Labute approximate surface area is 91.2 Å². The van der Waals surface area contributed by atoms with E-state index in [-0.39, 0.29) is 5.97 Å². The van der Waals surface area contributed by atoms with Crippen molar-refractivity contribution < 1.29 is 9.53 Å². The molecule has 0 aromatic carbocycles. The van der Waals surface area contributed by atoms with Crippen molar-refractivity contribution in [2.24, 2.45) is 5.73 Å². The van der Waals surface area contributed by atoms with E-state index in [2.05, 4.69) is 16.8 Å². The van der Waals surface area contributed by atoms with Crippen molar-refractivity contribution in [3.8, 4) is 0 Å². The Morgan fingerprint density at radius 3 is 2.53 bits per heavy atom. The van der Waals surface area contributed by atoms with Crippen LogP contribution in [0.1, 0.15) is 6.92 Å². The minimum Gasteiger partial charge on any atom is -0.465 e. The van der Waals surface area contributed by atoms with Gasteiger partial charge in [-0.15, -0.1) is 0 Å². The first-order chi connectivity index (χ1) is 7.13. The maximum Gasteiger partial charge on any atom is 0.324 e. The van der Waals surface area contributed by atoms with Crippen LogP contribution in [-0.2, 0) is 9.53 Å². The second-order valence-corrected chi connectivity index (χ2v) is 3.96. The monoisotopic (exact) mass is 215 g/mol. The van der Waals surface area contributed by atoms with Crippen molar-refractivity contribution in [2.75, 3.05) is 46.4 Å². The quantitative estimate of drug-likeness (QED) is 0.617. The van der Waals surface area contributed by atoms with Gasteiger partial charge in [0.05, 0.1) is 6.61 Å². The zero-order chi connectivity index (χ0) is 11.3. The van der Waals surface area contributed by atoms with Gasteiger partial charge < -0.3 is 15.4 Å². The predicted octanol–water partition coefficient (Wildman–Crippen LogP) is -0.876. The normalized spacial score (nSPS) is 21.3. The minimum atomic E-state index is -0.506. The highest BCUT2D eigenvalue weighted by atomic mass is 16.5. The fourth-order valence-electron chi connectivity index (χ4n) is 1.63. The lowest BCUT2D eigenvalue weighted by atomic mass is 10.2. The number of ether oxygens (including phenoxy) is 1. The van der Waals surface area contributed by atoms with Gasteiger partial charge in [0, 0.05) is 32.7 Å². The summed E-state index contributed by atoms with van der Waals surface area (Å²) in [5, 5.41) is 0. The molecule has 15 heavy (non-hydrogen) atoms. The molecule has 0 radical (unpaired) electrons. The molecule has 5 nitrogen and oxygen atoms in total. The first kappa shape index (κ1) is 12.4. The third-order valence-electron chi connectivity index (χ3n) is 2.64. The smallest absolute Gasteiger partial charge is 0.324 e. The average Bonchev–Trinajstić information content (AvgIpc) is 2.22. The van der Waals surface area contributed by atoms with Crippen LogP contribution in [0.3, 0.4) is 0 Å². The molecular formula is C10H21N3O2. The van der Waals surface area contributed by atoms with Crippen molar-refractivity contribution in [3.05, 3.63) is 0 Å². The van der Waals surface area contributed by atoms with Gasteiger partial charge in [0.25, 0.3) is 0 Å². The molecule has 0 bridgehead atoms. The Hall–Kier alpha value is -0.650. The summed E-state index contributed by atoms with van der Waals surface area (Å²) in [5.41, 5.74) is 5.74. The molecule has 1 atom stereocenters. The third-order valence-corrected chi connectivity index (χ3v) is 2.64. The third kappa shape index (κ3) is 4.15. The lowest BCUT2D eigenvalue weighted by Crippen LogP contribution is -2.50. The van der Waals surface area contributed by atoms with Crippen LogP contribution in [0.25, 0.3) is 0 Å². The first-order valence-corrected chi connectivity index (χ1v) is 5.46. The van der Waals surface area contributed by atoms with Crippen LogP contribution >= 0.6 is 0 Å². The second-order valence-electron chi connectivity index (χ2n) is 3.96. The predicted molar refractivity (Wildman–Crippen MR) is 58.5 cm³/mol. The summed E-state index contributed by atoms with van der Waals surface area (Å²) in [6.45, 7) is 6.82. The van der Waals surface area contributed by atoms with E-state index in [0.717, 1.165) is 26.2 Å². The van der Waals surface area contributed by atoms with Crippen LogP contribution < -0.4 is 5.73 Å². The van der Waals surface area contributed by atoms with Gasteiger partial charge in [-0.2, -0.15) is 0 Å². The molecule has 88 valence electrons. The number of hydrogen-bond acceptors (Lipinski definition) is 5. The highest BCUT2D eigenvalue weighted by Gasteiger charge is 2.21. The average molecular weight is 215 g/mol. The summed E-state index contributed by atoms with van der Waals surface area (Å²) in [6, 6.07) is -0.506. The number of nitrogens with zero attached hydrogens (tertiary/aromatic N) is 2. The summed E-state index contributed by atoms with van der Waals surface area (Å²) < 4.78 is 4.87. The van der Waals surface area contributed by atoms with Gasteiger partial charge in [0.2, 0.25) is 0 Å². The number of likely N-dealkylation sites (N-methyl/N-ethyl adjacent to an activating group) is 1. The van der Waals surface area contributed by atoms with E-state index in [1.54, 1.807) is 6.92 Å². The second kappa shape index (κ2) is 6.05. The van der Waals surface area contributed by atoms with Crippen LogP contribution in [-0.4, -0.2) is 68.2 Å². The van der Waals surface area contributed by atoms with Crippen molar-refractivity contribution in [3.63, 3.8) is 0 Å². The molecule has 0 saturated carbocycles. The molecule has 1 saturated heterocycles. The van der Waals surface area contributed by atoms with Gasteiger partial charge in [-0.25, -0.2) is 0 Å². The highest BCUT2D eigenvalue weighted by molar-refractivity contribution is 5.75. The van der Waals surface area contributed by atoms with Gasteiger partial charge in [0.1, 0.15) is 6.04 Å². The Morgan fingerprint density at radius 1 is 1.40 bits per heavy atom. The first-order valence-electron chi connectivity index (χ1n) is 5.46. The summed E-state index contributed by atoms with van der Waals surface area (Å²) in [5.74, 6) is -0.295. The minimum absolute atomic E-state index is 0.295. The van der Waals surface area contributed by atoms with Crippen molar-refractivity contribution in [1.82, 2.24) is 9.80 Å².